The lowest BCUT2D eigenvalue weighted by Crippen LogP contribution is -2.28. The number of benzene rings is 2. The molecule has 2 aromatic carbocycles. The highest BCUT2D eigenvalue weighted by Crippen LogP contribution is 2.25. The normalized spacial score (nSPS) is 11.2. The molecule has 2 aromatic rings. The van der Waals surface area contributed by atoms with E-state index in [1.54, 1.807) is 0 Å². The summed E-state index contributed by atoms with van der Waals surface area (Å²) in [5.41, 5.74) is 1.26. The van der Waals surface area contributed by atoms with E-state index in [-0.39, 0.29) is 24.1 Å². The van der Waals surface area contributed by atoms with E-state index < -0.39 is 17.5 Å². The molecular formula is C19H21F2NO2. The fraction of sp³-hybridized carbons (Fsp3) is 0.316. The predicted molar refractivity (Wildman–Crippen MR) is 89.3 cm³/mol. The predicted octanol–water partition coefficient (Wildman–Crippen LogP) is 4.07. The van der Waals surface area contributed by atoms with Gasteiger partial charge in [0.25, 0.3) is 5.91 Å². The summed E-state index contributed by atoms with van der Waals surface area (Å²) in [5.74, 6) is -1.77. The number of amides is 1. The van der Waals surface area contributed by atoms with Crippen LogP contribution in [0, 0.1) is 11.6 Å². The van der Waals surface area contributed by atoms with Crippen molar-refractivity contribution in [3.63, 3.8) is 0 Å². The Morgan fingerprint density at radius 1 is 1.08 bits per heavy atom. The molecule has 0 aliphatic rings. The van der Waals surface area contributed by atoms with Gasteiger partial charge in [-0.3, -0.25) is 4.79 Å². The Morgan fingerprint density at radius 3 is 2.50 bits per heavy atom. The SMILES string of the molecule is CC(C)(C)c1cccc(OCCNC(=O)c2ccc(F)c(F)c2)c1. The second-order valence-corrected chi connectivity index (χ2v) is 6.51. The minimum atomic E-state index is -1.04. The minimum absolute atomic E-state index is 0.0280. The molecule has 0 fully saturated rings. The zero-order valence-electron chi connectivity index (χ0n) is 14.0. The summed E-state index contributed by atoms with van der Waals surface area (Å²) in [4.78, 5) is 11.8. The smallest absolute Gasteiger partial charge is 0.251 e. The summed E-state index contributed by atoms with van der Waals surface area (Å²) in [6.07, 6.45) is 0. The monoisotopic (exact) mass is 333 g/mol. The highest BCUT2D eigenvalue weighted by molar-refractivity contribution is 5.94. The lowest BCUT2D eigenvalue weighted by atomic mass is 9.87. The summed E-state index contributed by atoms with van der Waals surface area (Å²) in [5, 5.41) is 2.61. The zero-order chi connectivity index (χ0) is 17.7. The number of ether oxygens (including phenoxy) is 1. The van der Waals surface area contributed by atoms with Crippen molar-refractivity contribution >= 4 is 5.91 Å². The van der Waals surface area contributed by atoms with E-state index >= 15 is 0 Å². The van der Waals surface area contributed by atoms with Crippen LogP contribution in [0.2, 0.25) is 0 Å². The van der Waals surface area contributed by atoms with Crippen molar-refractivity contribution in [2.45, 2.75) is 26.2 Å². The lowest BCUT2D eigenvalue weighted by molar-refractivity contribution is 0.0946. The van der Waals surface area contributed by atoms with Gasteiger partial charge in [0.2, 0.25) is 0 Å². The summed E-state index contributed by atoms with van der Waals surface area (Å²) in [6, 6.07) is 10.8. The van der Waals surface area contributed by atoms with Crippen LogP contribution >= 0.6 is 0 Å². The molecule has 0 radical (unpaired) electrons. The molecule has 0 aromatic heterocycles. The molecule has 0 unspecified atom stereocenters. The number of carbonyl (C=O) groups excluding carboxylic acids is 1. The van der Waals surface area contributed by atoms with Crippen LogP contribution in [0.15, 0.2) is 42.5 Å². The molecule has 0 saturated heterocycles. The van der Waals surface area contributed by atoms with E-state index in [0.717, 1.165) is 23.4 Å². The molecule has 1 N–H and O–H groups in total. The average Bonchev–Trinajstić information content (AvgIpc) is 2.53. The minimum Gasteiger partial charge on any atom is -0.492 e. The summed E-state index contributed by atoms with van der Waals surface area (Å²) < 4.78 is 31.6. The van der Waals surface area contributed by atoms with Crippen molar-refractivity contribution in [1.29, 1.82) is 0 Å². The highest BCUT2D eigenvalue weighted by Gasteiger charge is 2.14. The zero-order valence-corrected chi connectivity index (χ0v) is 14.0. The van der Waals surface area contributed by atoms with Crippen LogP contribution < -0.4 is 10.1 Å². The molecule has 5 heteroatoms. The van der Waals surface area contributed by atoms with Crippen LogP contribution in [0.25, 0.3) is 0 Å². The van der Waals surface area contributed by atoms with Crippen molar-refractivity contribution < 1.29 is 18.3 Å². The van der Waals surface area contributed by atoms with Gasteiger partial charge in [0.15, 0.2) is 11.6 Å². The van der Waals surface area contributed by atoms with E-state index in [2.05, 4.69) is 26.1 Å². The lowest BCUT2D eigenvalue weighted by Gasteiger charge is -2.19. The Hall–Kier alpha value is -2.43. The Labute approximate surface area is 140 Å². The molecule has 128 valence electrons. The van der Waals surface area contributed by atoms with Crippen LogP contribution in [0.1, 0.15) is 36.7 Å². The largest absolute Gasteiger partial charge is 0.492 e. The molecule has 3 nitrogen and oxygen atoms in total. The number of halogens is 2. The summed E-state index contributed by atoms with van der Waals surface area (Å²) >= 11 is 0. The van der Waals surface area contributed by atoms with Gasteiger partial charge in [-0.1, -0.05) is 32.9 Å². The van der Waals surface area contributed by atoms with Crippen LogP contribution in [0.3, 0.4) is 0 Å². The van der Waals surface area contributed by atoms with Gasteiger partial charge in [-0.2, -0.15) is 0 Å². The first kappa shape index (κ1) is 17.9. The maximum absolute atomic E-state index is 13.1. The second kappa shape index (κ2) is 7.43. The maximum atomic E-state index is 13.1. The molecule has 0 bridgehead atoms. The Morgan fingerprint density at radius 2 is 1.83 bits per heavy atom. The molecule has 1 amide bonds. The third-order valence-electron chi connectivity index (χ3n) is 3.54. The van der Waals surface area contributed by atoms with Crippen molar-refractivity contribution in [1.82, 2.24) is 5.32 Å². The van der Waals surface area contributed by atoms with Gasteiger partial charge in [0, 0.05) is 5.56 Å². The van der Waals surface area contributed by atoms with Gasteiger partial charge in [-0.05, 0) is 41.3 Å². The van der Waals surface area contributed by atoms with Gasteiger partial charge in [0.05, 0.1) is 6.54 Å². The molecule has 0 aliphatic heterocycles. The van der Waals surface area contributed by atoms with Gasteiger partial charge >= 0.3 is 0 Å². The first-order valence-corrected chi connectivity index (χ1v) is 7.74. The van der Waals surface area contributed by atoms with Crippen LogP contribution in [0.5, 0.6) is 5.75 Å². The van der Waals surface area contributed by atoms with Gasteiger partial charge in [-0.25, -0.2) is 8.78 Å². The van der Waals surface area contributed by atoms with E-state index in [1.165, 1.54) is 6.07 Å². The van der Waals surface area contributed by atoms with E-state index in [4.69, 9.17) is 4.74 Å². The standard InChI is InChI=1S/C19H21F2NO2/c1-19(2,3)14-5-4-6-15(12-14)24-10-9-22-18(23)13-7-8-16(20)17(21)11-13/h4-8,11-12H,9-10H2,1-3H3,(H,22,23). The molecule has 0 heterocycles. The van der Waals surface area contributed by atoms with Gasteiger partial charge < -0.3 is 10.1 Å². The molecule has 2 rings (SSSR count). The molecular weight excluding hydrogens is 312 g/mol. The fourth-order valence-electron chi connectivity index (χ4n) is 2.13. The fourth-order valence-corrected chi connectivity index (χ4v) is 2.13. The summed E-state index contributed by atoms with van der Waals surface area (Å²) in [6.45, 7) is 6.90. The van der Waals surface area contributed by atoms with Crippen molar-refractivity contribution in [2.75, 3.05) is 13.2 Å². The topological polar surface area (TPSA) is 38.3 Å². The summed E-state index contributed by atoms with van der Waals surface area (Å²) in [7, 11) is 0. The molecule has 0 spiro atoms. The Bertz CT molecular complexity index is 724. The van der Waals surface area contributed by atoms with Crippen LogP contribution in [0.4, 0.5) is 8.78 Å². The molecule has 0 saturated carbocycles. The third kappa shape index (κ3) is 4.78. The van der Waals surface area contributed by atoms with E-state index in [1.807, 2.05) is 24.3 Å². The number of nitrogens with one attached hydrogen (secondary N) is 1. The number of hydrogen-bond acceptors (Lipinski definition) is 2. The first-order chi connectivity index (χ1) is 11.3. The maximum Gasteiger partial charge on any atom is 0.251 e. The molecule has 24 heavy (non-hydrogen) atoms. The molecule has 0 aliphatic carbocycles. The average molecular weight is 333 g/mol. The number of rotatable bonds is 5. The van der Waals surface area contributed by atoms with Gasteiger partial charge in [0.1, 0.15) is 12.4 Å². The van der Waals surface area contributed by atoms with E-state index in [9.17, 15) is 13.6 Å². The van der Waals surface area contributed by atoms with Crippen molar-refractivity contribution in [3.8, 4) is 5.75 Å². The number of carbonyl (C=O) groups is 1. The highest BCUT2D eigenvalue weighted by atomic mass is 19.2. The second-order valence-electron chi connectivity index (χ2n) is 6.51. The Balaban J connectivity index is 1.84. The van der Waals surface area contributed by atoms with Gasteiger partial charge in [-0.15, -0.1) is 0 Å². The number of hydrogen-bond donors (Lipinski definition) is 1. The quantitative estimate of drug-likeness (QED) is 0.838. The van der Waals surface area contributed by atoms with Crippen LogP contribution in [-0.2, 0) is 5.41 Å². The van der Waals surface area contributed by atoms with Crippen LogP contribution in [-0.4, -0.2) is 19.1 Å². The third-order valence-corrected chi connectivity index (χ3v) is 3.54. The molecule has 0 atom stereocenters. The van der Waals surface area contributed by atoms with Crippen molar-refractivity contribution in [3.05, 3.63) is 65.2 Å². The Kier molecular flexibility index (Phi) is 5.54. The first-order valence-electron chi connectivity index (χ1n) is 7.74. The van der Waals surface area contributed by atoms with E-state index in [0.29, 0.717) is 0 Å². The van der Waals surface area contributed by atoms with Crippen molar-refractivity contribution in [2.24, 2.45) is 0 Å².